The molecule has 0 unspecified atom stereocenters. The summed E-state index contributed by atoms with van der Waals surface area (Å²) in [6, 6.07) is 20.2. The molecule has 1 aliphatic rings. The smallest absolute Gasteiger partial charge is 0.251 e. The monoisotopic (exact) mass is 425 g/mol. The van der Waals surface area contributed by atoms with Crippen LogP contribution in [0.2, 0.25) is 0 Å². The van der Waals surface area contributed by atoms with Crippen LogP contribution in [-0.4, -0.2) is 26.5 Å². The van der Waals surface area contributed by atoms with Crippen LogP contribution in [0.4, 0.5) is 11.6 Å². The van der Waals surface area contributed by atoms with E-state index in [-0.39, 0.29) is 5.91 Å². The predicted molar refractivity (Wildman–Crippen MR) is 124 cm³/mol. The highest BCUT2D eigenvalue weighted by molar-refractivity contribution is 7.17. The molecular formula is C24H19N5OS. The molecule has 3 heterocycles. The highest BCUT2D eigenvalue weighted by Gasteiger charge is 2.23. The van der Waals surface area contributed by atoms with Gasteiger partial charge in [-0.25, -0.2) is 4.52 Å². The van der Waals surface area contributed by atoms with Crippen molar-refractivity contribution >= 4 is 44.6 Å². The molecule has 1 aliphatic carbocycles. The van der Waals surface area contributed by atoms with Crippen LogP contribution >= 0.6 is 11.3 Å². The molecule has 5 aromatic rings. The number of benzene rings is 2. The van der Waals surface area contributed by atoms with Gasteiger partial charge in [0.15, 0.2) is 5.65 Å². The Morgan fingerprint density at radius 2 is 1.84 bits per heavy atom. The molecule has 2 aromatic carbocycles. The van der Waals surface area contributed by atoms with Crippen LogP contribution in [0.1, 0.15) is 23.2 Å². The number of nitrogens with one attached hydrogen (secondary N) is 2. The van der Waals surface area contributed by atoms with E-state index in [0.717, 1.165) is 35.3 Å². The van der Waals surface area contributed by atoms with Gasteiger partial charge < -0.3 is 10.6 Å². The summed E-state index contributed by atoms with van der Waals surface area (Å²) in [5.41, 5.74) is 4.51. The number of hydrogen-bond donors (Lipinski definition) is 2. The zero-order valence-corrected chi connectivity index (χ0v) is 17.4. The van der Waals surface area contributed by atoms with Crippen LogP contribution < -0.4 is 10.6 Å². The molecule has 1 fully saturated rings. The van der Waals surface area contributed by atoms with E-state index in [1.807, 2.05) is 36.5 Å². The van der Waals surface area contributed by atoms with Gasteiger partial charge in [0, 0.05) is 44.7 Å². The summed E-state index contributed by atoms with van der Waals surface area (Å²) in [5, 5.41) is 14.2. The first-order chi connectivity index (χ1) is 15.2. The number of carbonyl (C=O) groups is 1. The maximum Gasteiger partial charge on any atom is 0.251 e. The summed E-state index contributed by atoms with van der Waals surface area (Å²) in [5.74, 6) is 0.495. The van der Waals surface area contributed by atoms with Gasteiger partial charge in [-0.15, -0.1) is 16.4 Å². The van der Waals surface area contributed by atoms with Gasteiger partial charge in [0.05, 0.1) is 0 Å². The molecule has 0 radical (unpaired) electrons. The van der Waals surface area contributed by atoms with Crippen molar-refractivity contribution in [1.82, 2.24) is 19.9 Å². The van der Waals surface area contributed by atoms with Crippen molar-refractivity contribution in [1.29, 1.82) is 0 Å². The third kappa shape index (κ3) is 3.43. The van der Waals surface area contributed by atoms with Gasteiger partial charge in [-0.05, 0) is 60.7 Å². The van der Waals surface area contributed by atoms with Crippen LogP contribution in [0.5, 0.6) is 0 Å². The Hall–Kier alpha value is -3.71. The van der Waals surface area contributed by atoms with E-state index in [4.69, 9.17) is 4.98 Å². The number of carbonyl (C=O) groups excluding carboxylic acids is 1. The number of anilines is 2. The number of hydrogen-bond acceptors (Lipinski definition) is 5. The van der Waals surface area contributed by atoms with Crippen LogP contribution in [0.3, 0.4) is 0 Å². The lowest BCUT2D eigenvalue weighted by Crippen LogP contribution is -2.25. The lowest BCUT2D eigenvalue weighted by atomic mass is 10.1. The molecule has 0 atom stereocenters. The summed E-state index contributed by atoms with van der Waals surface area (Å²) in [6.45, 7) is 0. The number of pyridine rings is 1. The van der Waals surface area contributed by atoms with E-state index >= 15 is 0 Å². The zero-order valence-electron chi connectivity index (χ0n) is 16.6. The molecule has 7 heteroatoms. The fourth-order valence-electron chi connectivity index (χ4n) is 3.69. The Morgan fingerprint density at radius 3 is 2.68 bits per heavy atom. The van der Waals surface area contributed by atoms with Crippen molar-refractivity contribution in [3.8, 4) is 11.1 Å². The van der Waals surface area contributed by atoms with Gasteiger partial charge in [0.25, 0.3) is 5.91 Å². The van der Waals surface area contributed by atoms with E-state index in [1.54, 1.807) is 15.9 Å². The molecule has 6 nitrogen and oxygen atoms in total. The topological polar surface area (TPSA) is 71.3 Å². The van der Waals surface area contributed by atoms with Crippen LogP contribution in [0.15, 0.2) is 72.2 Å². The van der Waals surface area contributed by atoms with Gasteiger partial charge >= 0.3 is 0 Å². The van der Waals surface area contributed by atoms with E-state index in [2.05, 4.69) is 51.4 Å². The van der Waals surface area contributed by atoms with Crippen LogP contribution in [-0.2, 0) is 0 Å². The molecule has 2 N–H and O–H groups in total. The number of aromatic nitrogens is 3. The summed E-state index contributed by atoms with van der Waals surface area (Å²) < 4.78 is 3.05. The number of rotatable bonds is 5. The number of fused-ring (bicyclic) bond motifs is 2. The molecule has 31 heavy (non-hydrogen) atoms. The maximum absolute atomic E-state index is 12.2. The molecule has 6 rings (SSSR count). The first-order valence-corrected chi connectivity index (χ1v) is 11.1. The first kappa shape index (κ1) is 18.1. The third-order valence-electron chi connectivity index (χ3n) is 5.45. The average Bonchev–Trinajstić information content (AvgIpc) is 3.35. The van der Waals surface area contributed by atoms with Crippen LogP contribution in [0, 0.1) is 0 Å². The van der Waals surface area contributed by atoms with E-state index in [1.165, 1.54) is 10.1 Å². The molecular weight excluding hydrogens is 406 g/mol. The lowest BCUT2D eigenvalue weighted by molar-refractivity contribution is 0.0951. The van der Waals surface area contributed by atoms with Crippen molar-refractivity contribution in [3.05, 3.63) is 77.8 Å². The van der Waals surface area contributed by atoms with E-state index in [0.29, 0.717) is 17.6 Å². The summed E-state index contributed by atoms with van der Waals surface area (Å²) in [4.78, 5) is 16.9. The van der Waals surface area contributed by atoms with Gasteiger partial charge in [-0.1, -0.05) is 18.2 Å². The second-order valence-corrected chi connectivity index (χ2v) is 8.63. The summed E-state index contributed by atoms with van der Waals surface area (Å²) in [7, 11) is 0. The van der Waals surface area contributed by atoms with Crippen LogP contribution in [0.25, 0.3) is 26.9 Å². The standard InChI is InChI=1S/C24H19N5OS/c30-23(25-16-11-12-16)15-7-9-17(10-8-15)26-24-27-22-19(5-3-13-29(22)28-24)20-14-31-21-6-2-1-4-18(20)21/h1-10,13-14,16H,11-12H2,(H,25,30)(H,26,28). The number of nitrogens with zero attached hydrogens (tertiary/aromatic N) is 3. The van der Waals surface area contributed by atoms with Crippen molar-refractivity contribution < 1.29 is 4.79 Å². The minimum absolute atomic E-state index is 0.0208. The van der Waals surface area contributed by atoms with Gasteiger partial charge in [-0.2, -0.15) is 4.98 Å². The Morgan fingerprint density at radius 1 is 1.00 bits per heavy atom. The molecule has 1 saturated carbocycles. The number of thiophene rings is 1. The first-order valence-electron chi connectivity index (χ1n) is 10.2. The molecule has 0 bridgehead atoms. The molecule has 152 valence electrons. The van der Waals surface area contributed by atoms with Gasteiger partial charge in [0.2, 0.25) is 5.95 Å². The minimum Gasteiger partial charge on any atom is -0.349 e. The summed E-state index contributed by atoms with van der Waals surface area (Å²) >= 11 is 1.73. The second-order valence-electron chi connectivity index (χ2n) is 7.72. The minimum atomic E-state index is -0.0208. The molecule has 0 aliphatic heterocycles. The highest BCUT2D eigenvalue weighted by Crippen LogP contribution is 2.35. The van der Waals surface area contributed by atoms with E-state index < -0.39 is 0 Å². The molecule has 0 saturated heterocycles. The second kappa shape index (κ2) is 7.21. The largest absolute Gasteiger partial charge is 0.349 e. The molecule has 1 amide bonds. The van der Waals surface area contributed by atoms with Gasteiger partial charge in [-0.3, -0.25) is 4.79 Å². The zero-order chi connectivity index (χ0) is 20.8. The number of amides is 1. The molecule has 3 aromatic heterocycles. The van der Waals surface area contributed by atoms with Crippen molar-refractivity contribution in [3.63, 3.8) is 0 Å². The van der Waals surface area contributed by atoms with Crippen molar-refractivity contribution in [2.45, 2.75) is 18.9 Å². The fourth-order valence-corrected chi connectivity index (χ4v) is 4.65. The Bertz CT molecular complexity index is 1420. The van der Waals surface area contributed by atoms with E-state index in [9.17, 15) is 4.79 Å². The maximum atomic E-state index is 12.2. The Balaban J connectivity index is 1.30. The quantitative estimate of drug-likeness (QED) is 0.404. The Kier molecular flexibility index (Phi) is 4.21. The van der Waals surface area contributed by atoms with Crippen molar-refractivity contribution in [2.24, 2.45) is 0 Å². The highest BCUT2D eigenvalue weighted by atomic mass is 32.1. The lowest BCUT2D eigenvalue weighted by Gasteiger charge is -2.05. The average molecular weight is 426 g/mol. The van der Waals surface area contributed by atoms with Crippen molar-refractivity contribution in [2.75, 3.05) is 5.32 Å². The SMILES string of the molecule is O=C(NC1CC1)c1ccc(Nc2nc3c(-c4csc5ccccc45)cccn3n2)cc1. The van der Waals surface area contributed by atoms with Gasteiger partial charge in [0.1, 0.15) is 0 Å². The predicted octanol–water partition coefficient (Wildman–Crippen LogP) is 5.25. The molecule has 0 spiro atoms. The fraction of sp³-hybridized carbons (Fsp3) is 0.125. The summed E-state index contributed by atoms with van der Waals surface area (Å²) in [6.07, 6.45) is 4.05. The third-order valence-corrected chi connectivity index (χ3v) is 6.41. The Labute approximate surface area is 182 Å². The normalized spacial score (nSPS) is 13.5.